The minimum absolute atomic E-state index is 0.0811. The highest BCUT2D eigenvalue weighted by Crippen LogP contribution is 2.32. The fraction of sp³-hybridized carbons (Fsp3) is 1.00. The zero-order valence-corrected chi connectivity index (χ0v) is 14.9. The number of epoxide rings is 1. The minimum atomic E-state index is -6.09. The molecule has 2 atom stereocenters. The van der Waals surface area contributed by atoms with E-state index in [1.54, 1.807) is 6.92 Å². The number of hydrogen-bond donors (Lipinski definition) is 0. The van der Waals surface area contributed by atoms with Gasteiger partial charge in [-0.1, -0.05) is 6.92 Å². The molecule has 0 N–H and O–H groups in total. The van der Waals surface area contributed by atoms with Gasteiger partial charge in [0.2, 0.25) is 0 Å². The van der Waals surface area contributed by atoms with Crippen LogP contribution in [-0.4, -0.2) is 76.8 Å². The van der Waals surface area contributed by atoms with Crippen LogP contribution in [0.5, 0.6) is 0 Å². The van der Waals surface area contributed by atoms with Crippen LogP contribution in [0.4, 0.5) is 13.2 Å². The van der Waals surface area contributed by atoms with Crippen LogP contribution in [0.1, 0.15) is 13.3 Å². The van der Waals surface area contributed by atoms with Crippen LogP contribution in [0.15, 0.2) is 0 Å². The molecule has 0 aromatic carbocycles. The van der Waals surface area contributed by atoms with Gasteiger partial charge < -0.3 is 9.47 Å². The Morgan fingerprint density at radius 2 is 1.88 bits per heavy atom. The van der Waals surface area contributed by atoms with Crippen molar-refractivity contribution < 1.29 is 43.7 Å². The normalized spacial score (nSPS) is 23.0. The van der Waals surface area contributed by atoms with Crippen LogP contribution >= 0.6 is 0 Å². The maximum Gasteiger partial charge on any atom is 0.514 e. The van der Waals surface area contributed by atoms with E-state index in [-0.39, 0.29) is 31.5 Å². The van der Waals surface area contributed by atoms with Crippen molar-refractivity contribution in [2.75, 3.05) is 39.5 Å². The molecule has 2 unspecified atom stereocenters. The molecule has 14 heteroatoms. The number of rotatable bonds is 11. The number of halogens is 3. The predicted octanol–water partition coefficient (Wildman–Crippen LogP) is 0.0716. The second-order valence-corrected chi connectivity index (χ2v) is 9.18. The fourth-order valence-electron chi connectivity index (χ4n) is 1.76. The van der Waals surface area contributed by atoms with Gasteiger partial charge in [-0.05, 0) is 12.3 Å². The summed E-state index contributed by atoms with van der Waals surface area (Å²) in [6.45, 7) is 2.34. The maximum absolute atomic E-state index is 12.7. The third-order valence-electron chi connectivity index (χ3n) is 3.30. The minimum Gasteiger partial charge on any atom is -0.378 e. The van der Waals surface area contributed by atoms with E-state index < -0.39 is 36.3 Å². The summed E-state index contributed by atoms with van der Waals surface area (Å²) in [5.74, 6) is -0.136. The first-order valence-electron chi connectivity index (χ1n) is 7.40. The molecule has 2 rings (SSSR count). The monoisotopic (exact) mass is 412 g/mol. The first-order valence-corrected chi connectivity index (χ1v) is 10.2. The number of ether oxygens (including phenoxy) is 2. The Morgan fingerprint density at radius 1 is 1.28 bits per heavy atom. The van der Waals surface area contributed by atoms with Gasteiger partial charge >= 0.3 is 25.8 Å². The molecule has 0 saturated carbocycles. The van der Waals surface area contributed by atoms with E-state index in [4.69, 9.17) is 9.47 Å². The highest BCUT2D eigenvalue weighted by molar-refractivity contribution is 8.02. The van der Waals surface area contributed by atoms with Crippen molar-refractivity contribution in [1.82, 2.24) is 8.83 Å². The van der Waals surface area contributed by atoms with Crippen molar-refractivity contribution >= 4 is 20.3 Å². The Bertz CT molecular complexity index is 660. The van der Waals surface area contributed by atoms with Crippen molar-refractivity contribution in [3.8, 4) is 0 Å². The molecule has 148 valence electrons. The summed E-state index contributed by atoms with van der Waals surface area (Å²) in [6, 6.07) is 0. The van der Waals surface area contributed by atoms with E-state index in [2.05, 4.69) is 4.18 Å². The summed E-state index contributed by atoms with van der Waals surface area (Å²) in [6.07, 6.45) is 0.238. The SMILES string of the molecule is CC(CCOS(=O)(=O)N(N1CC1)S(=O)(=O)C(F)(F)F)COCC1CO1. The molecular weight excluding hydrogens is 393 g/mol. The van der Waals surface area contributed by atoms with Crippen molar-refractivity contribution in [3.05, 3.63) is 0 Å². The summed E-state index contributed by atoms with van der Waals surface area (Å²) in [4.78, 5) is 0. The number of hydrazine groups is 1. The van der Waals surface area contributed by atoms with Crippen molar-refractivity contribution in [1.29, 1.82) is 0 Å². The highest BCUT2D eigenvalue weighted by Gasteiger charge is 2.59. The van der Waals surface area contributed by atoms with Crippen LogP contribution in [0, 0.1) is 5.92 Å². The summed E-state index contributed by atoms with van der Waals surface area (Å²) >= 11 is 0. The lowest BCUT2D eigenvalue weighted by Gasteiger charge is -2.22. The van der Waals surface area contributed by atoms with Gasteiger partial charge in [0.05, 0.1) is 19.8 Å². The zero-order valence-electron chi connectivity index (χ0n) is 13.3. The third kappa shape index (κ3) is 5.74. The second kappa shape index (κ2) is 7.62. The van der Waals surface area contributed by atoms with Crippen molar-refractivity contribution in [2.45, 2.75) is 25.0 Å². The van der Waals surface area contributed by atoms with Gasteiger partial charge in [-0.2, -0.15) is 21.6 Å². The molecule has 2 fully saturated rings. The number of nitrogens with zero attached hydrogens (tertiary/aromatic N) is 2. The van der Waals surface area contributed by atoms with Gasteiger partial charge in [-0.3, -0.25) is 4.18 Å². The van der Waals surface area contributed by atoms with Crippen LogP contribution in [-0.2, 0) is 34.0 Å². The largest absolute Gasteiger partial charge is 0.514 e. The van der Waals surface area contributed by atoms with Gasteiger partial charge in [0.25, 0.3) is 0 Å². The quantitative estimate of drug-likeness (QED) is 0.439. The molecule has 0 aromatic heterocycles. The summed E-state index contributed by atoms with van der Waals surface area (Å²) in [5.41, 5.74) is -5.75. The Hall–Kier alpha value is -0.510. The molecule has 2 saturated heterocycles. The second-order valence-electron chi connectivity index (χ2n) is 5.75. The summed E-state index contributed by atoms with van der Waals surface area (Å²) in [5, 5.41) is 0.514. The Balaban J connectivity index is 1.87. The number of alkyl halides is 3. The van der Waals surface area contributed by atoms with Gasteiger partial charge in [0, 0.05) is 23.5 Å². The Morgan fingerprint density at radius 3 is 2.36 bits per heavy atom. The number of sulfonamides is 1. The standard InChI is InChI=1S/C11H19F3N2O7S2/c1-9(6-21-7-10-8-22-10)2-5-23-25(19,20)16(15-3-4-15)24(17,18)11(12,13)14/h9-10H,2-8H2,1H3. The Kier molecular flexibility index (Phi) is 6.34. The van der Waals surface area contributed by atoms with Crippen LogP contribution < -0.4 is 0 Å². The average Bonchev–Trinajstić information content (AvgIpc) is 3.30. The van der Waals surface area contributed by atoms with E-state index in [1.807, 2.05) is 0 Å². The third-order valence-corrected chi connectivity index (χ3v) is 6.74. The molecule has 0 aromatic rings. The van der Waals surface area contributed by atoms with Gasteiger partial charge in [0.15, 0.2) is 0 Å². The molecule has 0 bridgehead atoms. The summed E-state index contributed by atoms with van der Waals surface area (Å²) < 4.78 is 98.8. The fourth-order valence-corrected chi connectivity index (χ4v) is 4.59. The van der Waals surface area contributed by atoms with Crippen molar-refractivity contribution in [2.24, 2.45) is 5.92 Å². The molecule has 2 heterocycles. The molecule has 0 aliphatic carbocycles. The van der Waals surface area contributed by atoms with Crippen LogP contribution in [0.2, 0.25) is 0 Å². The molecule has 0 amide bonds. The Labute approximate surface area is 143 Å². The maximum atomic E-state index is 12.7. The van der Waals surface area contributed by atoms with E-state index in [0.717, 1.165) is 0 Å². The van der Waals surface area contributed by atoms with E-state index in [9.17, 15) is 30.0 Å². The van der Waals surface area contributed by atoms with Crippen molar-refractivity contribution in [3.63, 3.8) is 0 Å². The van der Waals surface area contributed by atoms with Crippen LogP contribution in [0.3, 0.4) is 0 Å². The van der Waals surface area contributed by atoms with E-state index in [1.165, 1.54) is 0 Å². The predicted molar refractivity (Wildman–Crippen MR) is 77.6 cm³/mol. The summed E-state index contributed by atoms with van der Waals surface area (Å²) in [7, 11) is -11.2. The molecule has 9 nitrogen and oxygen atoms in total. The van der Waals surface area contributed by atoms with E-state index in [0.29, 0.717) is 24.8 Å². The van der Waals surface area contributed by atoms with E-state index >= 15 is 0 Å². The lowest BCUT2D eigenvalue weighted by molar-refractivity contribution is -0.0500. The molecule has 2 aliphatic heterocycles. The van der Waals surface area contributed by atoms with Gasteiger partial charge in [-0.25, -0.2) is 13.4 Å². The molecule has 0 radical (unpaired) electrons. The lowest BCUT2D eigenvalue weighted by Crippen LogP contribution is -2.48. The zero-order chi connectivity index (χ0) is 18.9. The molecule has 25 heavy (non-hydrogen) atoms. The topological polar surface area (TPSA) is 106 Å². The molecular formula is C11H19F3N2O7S2. The van der Waals surface area contributed by atoms with Crippen LogP contribution in [0.25, 0.3) is 0 Å². The first-order chi connectivity index (χ1) is 11.4. The lowest BCUT2D eigenvalue weighted by atomic mass is 10.1. The van der Waals surface area contributed by atoms with Gasteiger partial charge in [0.1, 0.15) is 6.10 Å². The van der Waals surface area contributed by atoms with Gasteiger partial charge in [-0.15, -0.1) is 0 Å². The molecule has 2 aliphatic rings. The highest BCUT2D eigenvalue weighted by atomic mass is 32.3. The first kappa shape index (κ1) is 20.8. The molecule has 0 spiro atoms. The smallest absolute Gasteiger partial charge is 0.378 e. The average molecular weight is 412 g/mol. The number of hydrogen-bond acceptors (Lipinski definition) is 8.